The number of hydrogen-bond donors (Lipinski definition) is 0. The van der Waals surface area contributed by atoms with Gasteiger partial charge in [-0.15, -0.1) is 6.42 Å². The van der Waals surface area contributed by atoms with Gasteiger partial charge in [-0.25, -0.2) is 4.39 Å². The van der Waals surface area contributed by atoms with E-state index in [1.807, 2.05) is 0 Å². The fraction of sp³-hybridized carbons (Fsp3) is 0.333. The van der Waals surface area contributed by atoms with Crippen molar-refractivity contribution in [3.63, 3.8) is 0 Å². The van der Waals surface area contributed by atoms with Crippen LogP contribution in [-0.2, 0) is 6.18 Å². The van der Waals surface area contributed by atoms with Crippen molar-refractivity contribution in [2.75, 3.05) is 0 Å². The van der Waals surface area contributed by atoms with E-state index < -0.39 is 23.2 Å². The van der Waals surface area contributed by atoms with Crippen molar-refractivity contribution in [2.24, 2.45) is 0 Å². The van der Waals surface area contributed by atoms with Crippen molar-refractivity contribution in [3.05, 3.63) is 29.6 Å². The van der Waals surface area contributed by atoms with Crippen LogP contribution in [0.1, 0.15) is 19.4 Å². The van der Waals surface area contributed by atoms with Gasteiger partial charge in [0, 0.05) is 6.07 Å². The molecule has 1 aromatic carbocycles. The zero-order valence-corrected chi connectivity index (χ0v) is 9.23. The van der Waals surface area contributed by atoms with Crippen LogP contribution in [0.25, 0.3) is 0 Å². The molecule has 0 aliphatic carbocycles. The number of benzene rings is 1. The molecule has 0 aliphatic rings. The van der Waals surface area contributed by atoms with Crippen LogP contribution < -0.4 is 4.74 Å². The topological polar surface area (TPSA) is 9.23 Å². The van der Waals surface area contributed by atoms with Crippen LogP contribution in [0.15, 0.2) is 18.2 Å². The molecule has 0 saturated carbocycles. The average molecular weight is 246 g/mol. The fourth-order valence-electron chi connectivity index (χ4n) is 1.11. The van der Waals surface area contributed by atoms with Gasteiger partial charge in [0.2, 0.25) is 0 Å². The summed E-state index contributed by atoms with van der Waals surface area (Å²) in [7, 11) is 0. The zero-order chi connectivity index (χ0) is 13.3. The van der Waals surface area contributed by atoms with E-state index in [0.29, 0.717) is 12.1 Å². The van der Waals surface area contributed by atoms with Crippen molar-refractivity contribution in [1.29, 1.82) is 0 Å². The second kappa shape index (κ2) is 4.28. The molecule has 0 aliphatic heterocycles. The molecule has 92 valence electrons. The summed E-state index contributed by atoms with van der Waals surface area (Å²) >= 11 is 0. The molecule has 0 atom stereocenters. The van der Waals surface area contributed by atoms with E-state index in [2.05, 4.69) is 5.92 Å². The van der Waals surface area contributed by atoms with Gasteiger partial charge in [0.05, 0.1) is 5.56 Å². The van der Waals surface area contributed by atoms with E-state index in [4.69, 9.17) is 11.2 Å². The fourth-order valence-corrected chi connectivity index (χ4v) is 1.11. The van der Waals surface area contributed by atoms with Gasteiger partial charge < -0.3 is 4.74 Å². The second-order valence-corrected chi connectivity index (χ2v) is 3.90. The first kappa shape index (κ1) is 13.4. The molecule has 1 rings (SSSR count). The number of ether oxygens (including phenoxy) is 1. The molecular weight excluding hydrogens is 236 g/mol. The van der Waals surface area contributed by atoms with Gasteiger partial charge in [-0.05, 0) is 26.0 Å². The normalized spacial score (nSPS) is 12.1. The summed E-state index contributed by atoms with van der Waals surface area (Å²) in [6.45, 7) is 3.09. The third kappa shape index (κ3) is 3.38. The molecule has 0 saturated heterocycles. The summed E-state index contributed by atoms with van der Waals surface area (Å²) in [6, 6.07) is 2.32. The number of alkyl halides is 3. The molecule has 0 heterocycles. The Morgan fingerprint density at radius 3 is 2.24 bits per heavy atom. The third-order valence-electron chi connectivity index (χ3n) is 1.97. The van der Waals surface area contributed by atoms with Gasteiger partial charge in [-0.2, -0.15) is 13.2 Å². The van der Waals surface area contributed by atoms with E-state index in [1.54, 1.807) is 13.8 Å². The summed E-state index contributed by atoms with van der Waals surface area (Å²) in [6.07, 6.45) is 0.425. The molecule has 1 nitrogen and oxygen atoms in total. The Hall–Kier alpha value is -1.70. The minimum Gasteiger partial charge on any atom is -0.475 e. The van der Waals surface area contributed by atoms with Crippen molar-refractivity contribution in [2.45, 2.75) is 25.6 Å². The molecule has 0 aromatic heterocycles. The van der Waals surface area contributed by atoms with Crippen molar-refractivity contribution < 1.29 is 22.3 Å². The predicted molar refractivity (Wildman–Crippen MR) is 54.9 cm³/mol. The Kier molecular flexibility index (Phi) is 3.37. The molecule has 5 heteroatoms. The molecule has 0 amide bonds. The van der Waals surface area contributed by atoms with E-state index in [0.717, 1.165) is 6.07 Å². The Labute approximate surface area is 96.4 Å². The largest absolute Gasteiger partial charge is 0.475 e. The molecular formula is C12H10F4O. The van der Waals surface area contributed by atoms with Crippen LogP contribution in [0.2, 0.25) is 0 Å². The Bertz CT molecular complexity index is 455. The van der Waals surface area contributed by atoms with Crippen LogP contribution >= 0.6 is 0 Å². The van der Waals surface area contributed by atoms with Gasteiger partial charge in [0.15, 0.2) is 5.60 Å². The number of terminal acetylenes is 1. The van der Waals surface area contributed by atoms with Gasteiger partial charge in [-0.3, -0.25) is 0 Å². The Balaban J connectivity index is 3.03. The lowest BCUT2D eigenvalue weighted by Gasteiger charge is -2.20. The van der Waals surface area contributed by atoms with Crippen LogP contribution in [0.5, 0.6) is 5.75 Å². The molecule has 17 heavy (non-hydrogen) atoms. The number of halogens is 4. The zero-order valence-electron chi connectivity index (χ0n) is 9.23. The van der Waals surface area contributed by atoms with E-state index in [-0.39, 0.29) is 5.75 Å². The maximum absolute atomic E-state index is 13.2. The molecule has 0 N–H and O–H groups in total. The Morgan fingerprint density at radius 2 is 1.82 bits per heavy atom. The number of hydrogen-bond acceptors (Lipinski definition) is 1. The van der Waals surface area contributed by atoms with E-state index >= 15 is 0 Å². The SMILES string of the molecule is C#CC(C)(C)Oc1ccc(C(F)(F)F)c(F)c1. The summed E-state index contributed by atoms with van der Waals surface area (Å²) < 4.78 is 55.1. The van der Waals surface area contributed by atoms with Crippen LogP contribution in [0.4, 0.5) is 17.6 Å². The third-order valence-corrected chi connectivity index (χ3v) is 1.97. The smallest absolute Gasteiger partial charge is 0.419 e. The van der Waals surface area contributed by atoms with Gasteiger partial charge in [0.1, 0.15) is 11.6 Å². The first-order chi connectivity index (χ1) is 7.65. The second-order valence-electron chi connectivity index (χ2n) is 3.90. The standard InChI is InChI=1S/C12H10F4O/c1-4-11(2,3)17-8-5-6-9(10(13)7-8)12(14,15)16/h1,5-7H,2-3H3. The van der Waals surface area contributed by atoms with Crippen LogP contribution in [-0.4, -0.2) is 5.60 Å². The highest BCUT2D eigenvalue weighted by atomic mass is 19.4. The lowest BCUT2D eigenvalue weighted by molar-refractivity contribution is -0.140. The number of rotatable bonds is 2. The van der Waals surface area contributed by atoms with Gasteiger partial charge in [-0.1, -0.05) is 5.92 Å². The van der Waals surface area contributed by atoms with Gasteiger partial charge >= 0.3 is 6.18 Å². The summed E-state index contributed by atoms with van der Waals surface area (Å²) in [5.74, 6) is 0.858. The van der Waals surface area contributed by atoms with Crippen molar-refractivity contribution >= 4 is 0 Å². The minimum atomic E-state index is -4.72. The van der Waals surface area contributed by atoms with E-state index in [9.17, 15) is 17.6 Å². The lowest BCUT2D eigenvalue weighted by Crippen LogP contribution is -2.25. The first-order valence-electron chi connectivity index (χ1n) is 4.69. The van der Waals surface area contributed by atoms with Crippen LogP contribution in [0, 0.1) is 18.2 Å². The summed E-state index contributed by atoms with van der Waals surface area (Å²) in [5, 5.41) is 0. The Morgan fingerprint density at radius 1 is 1.24 bits per heavy atom. The van der Waals surface area contributed by atoms with E-state index in [1.165, 1.54) is 0 Å². The molecule has 0 unspecified atom stereocenters. The molecule has 0 bridgehead atoms. The van der Waals surface area contributed by atoms with Crippen molar-refractivity contribution in [1.82, 2.24) is 0 Å². The molecule has 0 spiro atoms. The van der Waals surface area contributed by atoms with Crippen molar-refractivity contribution in [3.8, 4) is 18.1 Å². The summed E-state index contributed by atoms with van der Waals surface area (Å²) in [5.41, 5.74) is -2.34. The van der Waals surface area contributed by atoms with Crippen LogP contribution in [0.3, 0.4) is 0 Å². The molecule has 1 aromatic rings. The highest BCUT2D eigenvalue weighted by molar-refractivity contribution is 5.31. The highest BCUT2D eigenvalue weighted by Crippen LogP contribution is 2.33. The maximum atomic E-state index is 13.2. The predicted octanol–water partition coefficient (Wildman–Crippen LogP) is 3.64. The minimum absolute atomic E-state index is 0.0431. The first-order valence-corrected chi connectivity index (χ1v) is 4.69. The molecule has 0 radical (unpaired) electrons. The summed E-state index contributed by atoms with van der Waals surface area (Å²) in [4.78, 5) is 0. The van der Waals surface area contributed by atoms with Gasteiger partial charge in [0.25, 0.3) is 0 Å². The maximum Gasteiger partial charge on any atom is 0.419 e. The lowest BCUT2D eigenvalue weighted by atomic mass is 10.1. The molecule has 0 fully saturated rings. The monoisotopic (exact) mass is 246 g/mol. The highest BCUT2D eigenvalue weighted by Gasteiger charge is 2.34. The quantitative estimate of drug-likeness (QED) is 0.572. The average Bonchev–Trinajstić information content (AvgIpc) is 2.15.